The molecular weight excluding hydrogens is 490 g/mol. The number of carbonyl (C=O) groups is 1. The molecule has 1 aromatic heterocycles. The predicted octanol–water partition coefficient (Wildman–Crippen LogP) is 3.30. The third-order valence-corrected chi connectivity index (χ3v) is 7.41. The van der Waals surface area contributed by atoms with Crippen LogP contribution in [0.3, 0.4) is 0 Å². The van der Waals surface area contributed by atoms with E-state index in [9.17, 15) is 4.79 Å². The highest BCUT2D eigenvalue weighted by Gasteiger charge is 2.29. The summed E-state index contributed by atoms with van der Waals surface area (Å²) in [5.74, 6) is 2.03. The zero-order chi connectivity index (χ0) is 25.8. The van der Waals surface area contributed by atoms with Crippen LogP contribution >= 0.6 is 11.6 Å². The van der Waals surface area contributed by atoms with E-state index in [4.69, 9.17) is 26.1 Å². The molecule has 4 heterocycles. The van der Waals surface area contributed by atoms with Crippen molar-refractivity contribution in [1.82, 2.24) is 19.7 Å². The topological polar surface area (TPSA) is 71.3 Å². The van der Waals surface area contributed by atoms with Crippen LogP contribution in [0.4, 0.5) is 0 Å². The van der Waals surface area contributed by atoms with Gasteiger partial charge in [-0.3, -0.25) is 14.7 Å². The van der Waals surface area contributed by atoms with Gasteiger partial charge in [0.15, 0.2) is 0 Å². The lowest BCUT2D eigenvalue weighted by Gasteiger charge is -2.31. The predicted molar refractivity (Wildman–Crippen MR) is 147 cm³/mol. The van der Waals surface area contributed by atoms with E-state index in [1.807, 2.05) is 6.07 Å². The maximum atomic E-state index is 11.8. The molecule has 0 saturated carbocycles. The van der Waals surface area contributed by atoms with Crippen molar-refractivity contribution < 1.29 is 14.3 Å². The molecule has 1 amide bonds. The monoisotopic (exact) mass is 523 g/mol. The second-order valence-corrected chi connectivity index (χ2v) is 9.89. The summed E-state index contributed by atoms with van der Waals surface area (Å²) in [4.78, 5) is 21.1. The van der Waals surface area contributed by atoms with E-state index in [0.717, 1.165) is 70.5 Å². The van der Waals surface area contributed by atoms with Gasteiger partial charge in [0.25, 0.3) is 5.91 Å². The normalized spacial score (nSPS) is 16.9. The molecule has 0 aliphatic carbocycles. The summed E-state index contributed by atoms with van der Waals surface area (Å²) in [6.07, 6.45) is 1.03. The molecule has 0 atom stereocenters. The first-order chi connectivity index (χ1) is 18.0. The van der Waals surface area contributed by atoms with Gasteiger partial charge in [0.1, 0.15) is 11.6 Å². The number of aromatic nitrogens is 1. The highest BCUT2D eigenvalue weighted by molar-refractivity contribution is 6.30. The number of rotatable bonds is 5. The third kappa shape index (κ3) is 5.61. The number of morpholine rings is 1. The van der Waals surface area contributed by atoms with E-state index >= 15 is 0 Å². The molecule has 6 rings (SSSR count). The molecule has 3 aliphatic rings. The number of carbonyl (C=O) groups excluding carboxylic acids is 1. The summed E-state index contributed by atoms with van der Waals surface area (Å²) < 4.78 is 13.1. The Morgan fingerprint density at radius 1 is 1.11 bits per heavy atom. The standard InChI is InChI=1S/C15H17N3O.C13H17ClN2O2/c1-17-7-8-18-13-4-3-10(19-2)9-12(13)11-5-6-16-15(17)14(11)18;14-12-3-1-11(2-4-12)13(17)15-5-6-16-7-9-18-10-8-16/h3-4,9H,5-8H2,1-2H3;1-4H,5-10H2,(H,15,17). The van der Waals surface area contributed by atoms with Crippen LogP contribution in [0, 0.1) is 0 Å². The van der Waals surface area contributed by atoms with Crippen LogP contribution in [0.2, 0.25) is 5.02 Å². The number of likely N-dealkylation sites (N-methyl/N-ethyl adjacent to an activating group) is 1. The Bertz CT molecular complexity index is 1280. The van der Waals surface area contributed by atoms with Gasteiger partial charge < -0.3 is 24.3 Å². The molecule has 37 heavy (non-hydrogen) atoms. The largest absolute Gasteiger partial charge is 0.497 e. The van der Waals surface area contributed by atoms with Crippen molar-refractivity contribution in [3.05, 3.63) is 64.3 Å². The van der Waals surface area contributed by atoms with Crippen molar-refractivity contribution >= 4 is 34.2 Å². The van der Waals surface area contributed by atoms with E-state index in [-0.39, 0.29) is 5.91 Å². The summed E-state index contributed by atoms with van der Waals surface area (Å²) in [6, 6.07) is 13.3. The summed E-state index contributed by atoms with van der Waals surface area (Å²) in [6.45, 7) is 7.92. The van der Waals surface area contributed by atoms with Gasteiger partial charge in [-0.15, -0.1) is 0 Å². The van der Waals surface area contributed by atoms with Crippen LogP contribution in [0.1, 0.15) is 21.6 Å². The summed E-state index contributed by atoms with van der Waals surface area (Å²) in [5.41, 5.74) is 4.71. The molecule has 0 radical (unpaired) electrons. The summed E-state index contributed by atoms with van der Waals surface area (Å²) in [7, 11) is 3.86. The number of hydrogen-bond acceptors (Lipinski definition) is 6. The number of methoxy groups -OCH3 is 1. The molecule has 196 valence electrons. The average Bonchev–Trinajstić information content (AvgIpc) is 3.26. The highest BCUT2D eigenvalue weighted by Crippen LogP contribution is 2.34. The first kappa shape index (κ1) is 25.6. The summed E-state index contributed by atoms with van der Waals surface area (Å²) in [5, 5.41) is 4.87. The number of ether oxygens (including phenoxy) is 2. The van der Waals surface area contributed by atoms with E-state index in [1.165, 1.54) is 22.2 Å². The molecule has 1 N–H and O–H groups in total. The average molecular weight is 524 g/mol. The molecule has 9 heteroatoms. The smallest absolute Gasteiger partial charge is 0.251 e. The van der Waals surface area contributed by atoms with Gasteiger partial charge in [-0.25, -0.2) is 0 Å². The fraction of sp³-hybridized carbons (Fsp3) is 0.429. The Morgan fingerprint density at radius 2 is 1.89 bits per heavy atom. The molecular formula is C28H34ClN5O3. The minimum Gasteiger partial charge on any atom is -0.497 e. The van der Waals surface area contributed by atoms with Crippen LogP contribution in [-0.4, -0.2) is 92.7 Å². The third-order valence-electron chi connectivity index (χ3n) is 7.15. The quantitative estimate of drug-likeness (QED) is 0.555. The molecule has 3 aromatic rings. The molecule has 0 spiro atoms. The Hall–Kier alpha value is -3.07. The van der Waals surface area contributed by atoms with Gasteiger partial charge in [0, 0.05) is 74.3 Å². The number of aliphatic imine (C=N–C) groups is 1. The maximum absolute atomic E-state index is 11.8. The first-order valence-corrected chi connectivity index (χ1v) is 13.2. The van der Waals surface area contributed by atoms with Gasteiger partial charge in [-0.2, -0.15) is 0 Å². The van der Waals surface area contributed by atoms with Crippen molar-refractivity contribution in [2.45, 2.75) is 13.0 Å². The van der Waals surface area contributed by atoms with Gasteiger partial charge in [0.05, 0.1) is 26.0 Å². The van der Waals surface area contributed by atoms with Crippen LogP contribution in [0.25, 0.3) is 10.9 Å². The van der Waals surface area contributed by atoms with E-state index < -0.39 is 0 Å². The summed E-state index contributed by atoms with van der Waals surface area (Å²) >= 11 is 5.77. The lowest BCUT2D eigenvalue weighted by atomic mass is 10.0. The number of nitrogens with one attached hydrogen (secondary N) is 1. The lowest BCUT2D eigenvalue weighted by molar-refractivity contribution is 0.0383. The van der Waals surface area contributed by atoms with Crippen molar-refractivity contribution in [3.63, 3.8) is 0 Å². The SMILES string of the molecule is COc1ccc2c(c1)c1c3n2CCN(C)C3=NCC1.O=C(NCCN1CCOCC1)c1ccc(Cl)cc1. The molecule has 0 bridgehead atoms. The fourth-order valence-electron chi connectivity index (χ4n) is 5.13. The second kappa shape index (κ2) is 11.5. The molecule has 8 nitrogen and oxygen atoms in total. The number of halogens is 1. The van der Waals surface area contributed by atoms with Crippen LogP contribution in [0.5, 0.6) is 5.75 Å². The number of fused-ring (bicyclic) bond motifs is 3. The van der Waals surface area contributed by atoms with Gasteiger partial charge in [0.2, 0.25) is 0 Å². The Morgan fingerprint density at radius 3 is 2.65 bits per heavy atom. The first-order valence-electron chi connectivity index (χ1n) is 12.8. The van der Waals surface area contributed by atoms with Crippen molar-refractivity contribution in [1.29, 1.82) is 0 Å². The van der Waals surface area contributed by atoms with Gasteiger partial charge in [-0.1, -0.05) is 11.6 Å². The maximum Gasteiger partial charge on any atom is 0.251 e. The minimum absolute atomic E-state index is 0.0556. The van der Waals surface area contributed by atoms with Crippen LogP contribution in [0.15, 0.2) is 47.5 Å². The van der Waals surface area contributed by atoms with E-state index in [2.05, 4.69) is 38.9 Å². The zero-order valence-electron chi connectivity index (χ0n) is 21.5. The minimum atomic E-state index is -0.0556. The lowest BCUT2D eigenvalue weighted by Crippen LogP contribution is -2.41. The molecule has 2 aromatic carbocycles. The highest BCUT2D eigenvalue weighted by atomic mass is 35.5. The number of benzene rings is 2. The van der Waals surface area contributed by atoms with Crippen LogP contribution < -0.4 is 10.1 Å². The molecule has 1 fully saturated rings. The van der Waals surface area contributed by atoms with Gasteiger partial charge in [-0.05, 0) is 54.4 Å². The van der Waals surface area contributed by atoms with Crippen LogP contribution in [-0.2, 0) is 17.7 Å². The zero-order valence-corrected chi connectivity index (χ0v) is 22.3. The van der Waals surface area contributed by atoms with Gasteiger partial charge >= 0.3 is 0 Å². The second-order valence-electron chi connectivity index (χ2n) is 9.46. The molecule has 0 unspecified atom stereocenters. The Labute approximate surface area is 222 Å². The van der Waals surface area contributed by atoms with E-state index in [0.29, 0.717) is 17.1 Å². The molecule has 1 saturated heterocycles. The number of amides is 1. The fourth-order valence-corrected chi connectivity index (χ4v) is 5.26. The van der Waals surface area contributed by atoms with Crippen molar-refractivity contribution in [2.24, 2.45) is 4.99 Å². The number of amidine groups is 1. The van der Waals surface area contributed by atoms with Crippen molar-refractivity contribution in [2.75, 3.05) is 66.6 Å². The Balaban J connectivity index is 0.000000152. The van der Waals surface area contributed by atoms with Crippen molar-refractivity contribution in [3.8, 4) is 5.75 Å². The Kier molecular flexibility index (Phi) is 7.98. The van der Waals surface area contributed by atoms with E-state index in [1.54, 1.807) is 31.4 Å². The number of hydrogen-bond donors (Lipinski definition) is 1. The number of nitrogens with zero attached hydrogens (tertiary/aromatic N) is 4. The molecule has 3 aliphatic heterocycles.